The Labute approximate surface area is 95.4 Å². The second-order valence-corrected chi connectivity index (χ2v) is 5.14. The van der Waals surface area contributed by atoms with Crippen LogP contribution in [0.5, 0.6) is 0 Å². The second-order valence-electron chi connectivity index (χ2n) is 4.79. The number of benzene rings is 1. The molecule has 0 unspecified atom stereocenters. The van der Waals surface area contributed by atoms with E-state index < -0.39 is 5.41 Å². The van der Waals surface area contributed by atoms with Crippen LogP contribution in [0.1, 0.15) is 43.7 Å². The summed E-state index contributed by atoms with van der Waals surface area (Å²) in [6, 6.07) is 8.28. The molecule has 0 aromatic heterocycles. The second kappa shape index (κ2) is 3.64. The first-order chi connectivity index (χ1) is 7.01. The highest BCUT2D eigenvalue weighted by molar-refractivity contribution is 6.65. The zero-order chi connectivity index (χ0) is 11.1. The Kier molecular flexibility index (Phi) is 2.59. The summed E-state index contributed by atoms with van der Waals surface area (Å²) in [6.45, 7) is 3.71. The van der Waals surface area contributed by atoms with Gasteiger partial charge in [-0.2, -0.15) is 0 Å². The molecule has 1 fully saturated rings. The quantitative estimate of drug-likeness (QED) is 0.715. The lowest BCUT2D eigenvalue weighted by atomic mass is 9.85. The third-order valence-electron chi connectivity index (χ3n) is 3.17. The predicted molar refractivity (Wildman–Crippen MR) is 62.3 cm³/mol. The molecule has 1 nitrogen and oxygen atoms in total. The van der Waals surface area contributed by atoms with Crippen molar-refractivity contribution in [2.75, 3.05) is 0 Å². The minimum absolute atomic E-state index is 0.304. The Morgan fingerprint density at radius 1 is 1.27 bits per heavy atom. The van der Waals surface area contributed by atoms with Gasteiger partial charge in [0.15, 0.2) is 0 Å². The normalized spacial score (nSPS) is 16.5. The SMILES string of the molecule is CC(C)(C(=O)Cl)c1ccc(C2CC2)cc1. The van der Waals surface area contributed by atoms with Crippen LogP contribution in [0, 0.1) is 0 Å². The van der Waals surface area contributed by atoms with Crippen LogP contribution in [0.4, 0.5) is 0 Å². The third-order valence-corrected chi connectivity index (χ3v) is 3.64. The number of hydrogen-bond acceptors (Lipinski definition) is 1. The Hall–Kier alpha value is -0.820. The topological polar surface area (TPSA) is 17.1 Å². The van der Waals surface area contributed by atoms with Gasteiger partial charge in [0.25, 0.3) is 0 Å². The molecule has 2 rings (SSSR count). The highest BCUT2D eigenvalue weighted by Crippen LogP contribution is 2.40. The van der Waals surface area contributed by atoms with Gasteiger partial charge in [-0.3, -0.25) is 4.79 Å². The lowest BCUT2D eigenvalue weighted by Gasteiger charge is -2.20. The summed E-state index contributed by atoms with van der Waals surface area (Å²) in [6.07, 6.45) is 2.61. The number of halogens is 1. The maximum absolute atomic E-state index is 11.3. The zero-order valence-electron chi connectivity index (χ0n) is 9.09. The average molecular weight is 223 g/mol. The fourth-order valence-corrected chi connectivity index (χ4v) is 1.81. The van der Waals surface area contributed by atoms with Gasteiger partial charge in [-0.15, -0.1) is 0 Å². The van der Waals surface area contributed by atoms with Gasteiger partial charge in [-0.25, -0.2) is 0 Å². The van der Waals surface area contributed by atoms with E-state index in [1.807, 2.05) is 26.0 Å². The van der Waals surface area contributed by atoms with E-state index in [9.17, 15) is 4.79 Å². The molecule has 0 atom stereocenters. The largest absolute Gasteiger partial charge is 0.280 e. The molecule has 2 heteroatoms. The molecule has 0 aliphatic heterocycles. The maximum atomic E-state index is 11.3. The maximum Gasteiger partial charge on any atom is 0.231 e. The molecule has 0 bridgehead atoms. The molecule has 80 valence electrons. The molecule has 15 heavy (non-hydrogen) atoms. The first kappa shape index (κ1) is 10.7. The smallest absolute Gasteiger partial charge is 0.231 e. The standard InChI is InChI=1S/C13H15ClO/c1-13(2,12(14)15)11-7-5-10(6-8-11)9-3-4-9/h5-9H,3-4H2,1-2H3. The van der Waals surface area contributed by atoms with Crippen LogP contribution in [-0.2, 0) is 10.2 Å². The van der Waals surface area contributed by atoms with Gasteiger partial charge in [0, 0.05) is 0 Å². The average Bonchev–Trinajstić information content (AvgIpc) is 3.01. The van der Waals surface area contributed by atoms with E-state index in [0.29, 0.717) is 0 Å². The molecule has 1 aliphatic carbocycles. The Morgan fingerprint density at radius 2 is 1.80 bits per heavy atom. The van der Waals surface area contributed by atoms with Gasteiger partial charge in [0.05, 0.1) is 5.41 Å². The summed E-state index contributed by atoms with van der Waals surface area (Å²) in [5, 5.41) is -0.304. The first-order valence-electron chi connectivity index (χ1n) is 5.32. The van der Waals surface area contributed by atoms with Crippen LogP contribution in [0.2, 0.25) is 0 Å². The van der Waals surface area contributed by atoms with E-state index in [-0.39, 0.29) is 5.24 Å². The van der Waals surface area contributed by atoms with Crippen molar-refractivity contribution < 1.29 is 4.79 Å². The molecular weight excluding hydrogens is 208 g/mol. The van der Waals surface area contributed by atoms with Gasteiger partial charge < -0.3 is 0 Å². The van der Waals surface area contributed by atoms with Crippen molar-refractivity contribution in [2.45, 2.75) is 38.0 Å². The molecule has 0 heterocycles. The summed E-state index contributed by atoms with van der Waals surface area (Å²) in [5.74, 6) is 0.758. The van der Waals surface area contributed by atoms with Gasteiger partial charge in [0.1, 0.15) is 0 Å². The highest BCUT2D eigenvalue weighted by Gasteiger charge is 2.29. The number of carbonyl (C=O) groups excluding carboxylic acids is 1. The summed E-state index contributed by atoms with van der Waals surface area (Å²) in [4.78, 5) is 11.3. The van der Waals surface area contributed by atoms with Crippen LogP contribution < -0.4 is 0 Å². The third kappa shape index (κ3) is 2.07. The lowest BCUT2D eigenvalue weighted by Crippen LogP contribution is -2.24. The Balaban J connectivity index is 2.26. The fourth-order valence-electron chi connectivity index (χ4n) is 1.70. The lowest BCUT2D eigenvalue weighted by molar-refractivity contribution is -0.115. The summed E-state index contributed by atoms with van der Waals surface area (Å²) < 4.78 is 0. The van der Waals surface area contributed by atoms with E-state index in [0.717, 1.165) is 11.5 Å². The van der Waals surface area contributed by atoms with E-state index in [1.165, 1.54) is 18.4 Å². The van der Waals surface area contributed by atoms with Crippen LogP contribution in [0.3, 0.4) is 0 Å². The van der Waals surface area contributed by atoms with Crippen LogP contribution in [-0.4, -0.2) is 5.24 Å². The minimum atomic E-state index is -0.580. The Morgan fingerprint density at radius 3 is 2.20 bits per heavy atom. The van der Waals surface area contributed by atoms with Crippen molar-refractivity contribution in [3.63, 3.8) is 0 Å². The molecule has 1 aromatic rings. The minimum Gasteiger partial charge on any atom is -0.280 e. The molecule has 0 radical (unpaired) electrons. The van der Waals surface area contributed by atoms with Gasteiger partial charge in [0.2, 0.25) is 5.24 Å². The van der Waals surface area contributed by atoms with E-state index in [4.69, 9.17) is 11.6 Å². The van der Waals surface area contributed by atoms with Crippen molar-refractivity contribution in [1.82, 2.24) is 0 Å². The van der Waals surface area contributed by atoms with Gasteiger partial charge >= 0.3 is 0 Å². The van der Waals surface area contributed by atoms with Crippen LogP contribution in [0.25, 0.3) is 0 Å². The zero-order valence-corrected chi connectivity index (χ0v) is 9.84. The molecule has 1 saturated carbocycles. The van der Waals surface area contributed by atoms with E-state index >= 15 is 0 Å². The van der Waals surface area contributed by atoms with E-state index in [2.05, 4.69) is 12.1 Å². The molecular formula is C13H15ClO. The molecule has 0 amide bonds. The van der Waals surface area contributed by atoms with Crippen LogP contribution >= 0.6 is 11.6 Å². The fraction of sp³-hybridized carbons (Fsp3) is 0.462. The molecule has 0 saturated heterocycles. The number of hydrogen-bond donors (Lipinski definition) is 0. The van der Waals surface area contributed by atoms with Crippen molar-refractivity contribution in [1.29, 1.82) is 0 Å². The van der Waals surface area contributed by atoms with Crippen molar-refractivity contribution >= 4 is 16.8 Å². The van der Waals surface area contributed by atoms with Gasteiger partial charge in [-0.05, 0) is 55.3 Å². The first-order valence-corrected chi connectivity index (χ1v) is 5.70. The van der Waals surface area contributed by atoms with E-state index in [1.54, 1.807) is 0 Å². The summed E-state index contributed by atoms with van der Waals surface area (Å²) in [5.41, 5.74) is 1.80. The Bertz CT molecular complexity index is 374. The predicted octanol–water partition coefficient (Wildman–Crippen LogP) is 3.61. The molecule has 0 N–H and O–H groups in total. The number of carbonyl (C=O) groups is 1. The van der Waals surface area contributed by atoms with Gasteiger partial charge in [-0.1, -0.05) is 24.3 Å². The van der Waals surface area contributed by atoms with Crippen molar-refractivity contribution in [2.24, 2.45) is 0 Å². The molecule has 1 aliphatic rings. The highest BCUT2D eigenvalue weighted by atomic mass is 35.5. The van der Waals surface area contributed by atoms with Crippen LogP contribution in [0.15, 0.2) is 24.3 Å². The van der Waals surface area contributed by atoms with Crippen molar-refractivity contribution in [3.8, 4) is 0 Å². The molecule has 0 spiro atoms. The monoisotopic (exact) mass is 222 g/mol. The summed E-state index contributed by atoms with van der Waals surface area (Å²) >= 11 is 5.58. The summed E-state index contributed by atoms with van der Waals surface area (Å²) in [7, 11) is 0. The molecule has 1 aromatic carbocycles. The van der Waals surface area contributed by atoms with Crippen molar-refractivity contribution in [3.05, 3.63) is 35.4 Å². The number of rotatable bonds is 3.